The van der Waals surface area contributed by atoms with E-state index >= 15 is 0 Å². The Morgan fingerprint density at radius 3 is 2.19 bits per heavy atom. The fourth-order valence-electron chi connectivity index (χ4n) is 2.95. The van der Waals surface area contributed by atoms with Crippen LogP contribution in [0.2, 0.25) is 0 Å². The molecule has 1 unspecified atom stereocenters. The van der Waals surface area contributed by atoms with Gasteiger partial charge in [-0.05, 0) is 0 Å². The van der Waals surface area contributed by atoms with Crippen LogP contribution in [0.4, 0.5) is 0 Å². The molecule has 3 aliphatic heterocycles. The smallest absolute Gasteiger partial charge is 0.394 e. The van der Waals surface area contributed by atoms with Gasteiger partial charge in [0, 0.05) is 0 Å². The summed E-state index contributed by atoms with van der Waals surface area (Å²) < 4.78 is 36.4. The summed E-state index contributed by atoms with van der Waals surface area (Å²) in [5.41, 5.74) is 0. The average molecular weight is 404 g/mol. The van der Waals surface area contributed by atoms with E-state index in [1.54, 1.807) is 0 Å². The third-order valence-corrected chi connectivity index (χ3v) is 5.40. The first-order valence-corrected chi connectivity index (χ1v) is 9.27. The molecule has 14 heteroatoms. The van der Waals surface area contributed by atoms with Crippen LogP contribution in [-0.2, 0) is 27.8 Å². The van der Waals surface area contributed by atoms with Gasteiger partial charge in [0.05, 0.1) is 13.2 Å². The van der Waals surface area contributed by atoms with E-state index in [9.17, 15) is 35.0 Å². The molecule has 3 fully saturated rings. The lowest BCUT2D eigenvalue weighted by Gasteiger charge is -2.46. The van der Waals surface area contributed by atoms with E-state index in [2.05, 4.69) is 4.52 Å². The van der Waals surface area contributed by atoms with Gasteiger partial charge in [0.25, 0.3) is 0 Å². The minimum absolute atomic E-state index is 0.434. The van der Waals surface area contributed by atoms with E-state index in [0.717, 1.165) is 0 Å². The van der Waals surface area contributed by atoms with E-state index in [4.69, 9.17) is 23.8 Å². The van der Waals surface area contributed by atoms with Gasteiger partial charge in [-0.25, -0.2) is 4.57 Å². The lowest BCUT2D eigenvalue weighted by Crippen LogP contribution is -2.64. The first kappa shape index (κ1) is 20.5. The van der Waals surface area contributed by atoms with Crippen LogP contribution >= 0.6 is 7.82 Å². The topological polar surface area (TPSA) is 205 Å². The molecule has 152 valence electrons. The summed E-state index contributed by atoms with van der Waals surface area (Å²) in [5.74, 6) is 0. The number of fused-ring (bicyclic) bond motifs is 1. The van der Waals surface area contributed by atoms with E-state index in [-0.39, 0.29) is 0 Å². The highest BCUT2D eigenvalue weighted by molar-refractivity contribution is 7.47. The zero-order valence-electron chi connectivity index (χ0n) is 13.2. The van der Waals surface area contributed by atoms with E-state index in [1.165, 1.54) is 0 Å². The number of phosphoric acid groups is 1. The normalized spacial score (nSPS) is 55.3. The molecule has 7 N–H and O–H groups in total. The van der Waals surface area contributed by atoms with Crippen molar-refractivity contribution in [3.8, 4) is 0 Å². The standard InChI is InChI=1S/C12H21O13P/c13-1-3-5(14)6(15)8(17)11(22-3)24-12-9(18)7(16)10-4(23-12)2-21-26(19,20)25-10/h3-18H,1-2H2,(H,19,20)/t3-,4-,5-,6+,7-,8-,9-,10-,11-,12-/m1/s1. The molecule has 13 nitrogen and oxygen atoms in total. The molecule has 3 rings (SSSR count). The molecular weight excluding hydrogens is 383 g/mol. The minimum atomic E-state index is -4.38. The molecule has 0 amide bonds. The third-order valence-electron chi connectivity index (χ3n) is 4.41. The average Bonchev–Trinajstić information content (AvgIpc) is 2.60. The number of aliphatic hydroxyl groups is 6. The molecule has 26 heavy (non-hydrogen) atoms. The van der Waals surface area contributed by atoms with Gasteiger partial charge in [-0.1, -0.05) is 0 Å². The summed E-state index contributed by atoms with van der Waals surface area (Å²) in [7, 11) is -4.38. The van der Waals surface area contributed by atoms with Gasteiger partial charge in [-0.2, -0.15) is 0 Å². The maximum absolute atomic E-state index is 11.4. The largest absolute Gasteiger partial charge is 0.472 e. The van der Waals surface area contributed by atoms with E-state index in [0.29, 0.717) is 0 Å². The molecule has 0 aromatic heterocycles. The Labute approximate surface area is 146 Å². The second-order valence-electron chi connectivity index (χ2n) is 6.19. The highest BCUT2D eigenvalue weighted by atomic mass is 31.2. The second kappa shape index (κ2) is 7.64. The highest BCUT2D eigenvalue weighted by Crippen LogP contribution is 2.50. The molecule has 0 bridgehead atoms. The van der Waals surface area contributed by atoms with Gasteiger partial charge >= 0.3 is 7.82 Å². The van der Waals surface area contributed by atoms with Gasteiger partial charge < -0.3 is 49.7 Å². The molecule has 3 saturated heterocycles. The first-order chi connectivity index (χ1) is 12.1. The van der Waals surface area contributed by atoms with Crippen molar-refractivity contribution in [3.05, 3.63) is 0 Å². The maximum atomic E-state index is 11.4. The Kier molecular flexibility index (Phi) is 6.02. The number of aliphatic hydroxyl groups excluding tert-OH is 6. The third kappa shape index (κ3) is 3.82. The Morgan fingerprint density at radius 2 is 1.54 bits per heavy atom. The van der Waals surface area contributed by atoms with Crippen molar-refractivity contribution in [2.75, 3.05) is 13.2 Å². The monoisotopic (exact) mass is 404 g/mol. The van der Waals surface area contributed by atoms with Gasteiger partial charge in [0.15, 0.2) is 12.6 Å². The summed E-state index contributed by atoms with van der Waals surface area (Å²) in [6.45, 7) is -1.11. The van der Waals surface area contributed by atoms with Crippen LogP contribution in [0.1, 0.15) is 0 Å². The maximum Gasteiger partial charge on any atom is 0.472 e. The van der Waals surface area contributed by atoms with Crippen molar-refractivity contribution >= 4 is 7.82 Å². The van der Waals surface area contributed by atoms with Gasteiger partial charge in [-0.15, -0.1) is 0 Å². The molecule has 3 heterocycles. The van der Waals surface area contributed by atoms with Crippen LogP contribution in [0.3, 0.4) is 0 Å². The molecule has 0 aromatic rings. The molecule has 0 spiro atoms. The van der Waals surface area contributed by atoms with Gasteiger partial charge in [-0.3, -0.25) is 9.05 Å². The van der Waals surface area contributed by atoms with Gasteiger partial charge in [0.1, 0.15) is 48.8 Å². The van der Waals surface area contributed by atoms with Crippen molar-refractivity contribution in [2.24, 2.45) is 0 Å². The van der Waals surface area contributed by atoms with Crippen molar-refractivity contribution < 1.29 is 63.4 Å². The van der Waals surface area contributed by atoms with Crippen molar-refractivity contribution in [2.45, 2.75) is 61.4 Å². The number of hydrogen-bond acceptors (Lipinski definition) is 12. The zero-order chi connectivity index (χ0) is 19.2. The molecular formula is C12H21O13P. The Bertz CT molecular complexity index is 543. The molecule has 11 atom stereocenters. The summed E-state index contributed by atoms with van der Waals surface area (Å²) in [4.78, 5) is 9.29. The number of rotatable bonds is 3. The molecule has 0 radical (unpaired) electrons. The lowest BCUT2D eigenvalue weighted by atomic mass is 9.98. The number of hydrogen-bond donors (Lipinski definition) is 7. The van der Waals surface area contributed by atoms with Crippen molar-refractivity contribution in [1.82, 2.24) is 0 Å². The van der Waals surface area contributed by atoms with Gasteiger partial charge in [0.2, 0.25) is 0 Å². The van der Waals surface area contributed by atoms with Crippen LogP contribution < -0.4 is 0 Å². The predicted molar refractivity (Wildman–Crippen MR) is 76.2 cm³/mol. The molecule has 0 aliphatic carbocycles. The van der Waals surface area contributed by atoms with E-state index < -0.39 is 82.4 Å². The zero-order valence-corrected chi connectivity index (χ0v) is 14.1. The SMILES string of the molecule is O=P1(O)OC[C@H]2O[C@H](O[C@H]3O[C@H](CO)[C@@H](O)[C@H](O)[C@H]3O)[C@H](O)[C@@H](O)[C@@H]2O1. The Morgan fingerprint density at radius 1 is 0.923 bits per heavy atom. The Balaban J connectivity index is 1.69. The van der Waals surface area contributed by atoms with Crippen LogP contribution in [0.5, 0.6) is 0 Å². The van der Waals surface area contributed by atoms with Crippen LogP contribution in [0.25, 0.3) is 0 Å². The number of phosphoric ester groups is 1. The van der Waals surface area contributed by atoms with Crippen LogP contribution in [0.15, 0.2) is 0 Å². The summed E-state index contributed by atoms with van der Waals surface area (Å²) in [5, 5.41) is 58.8. The van der Waals surface area contributed by atoms with E-state index in [1.807, 2.05) is 0 Å². The first-order valence-electron chi connectivity index (χ1n) is 7.78. The minimum Gasteiger partial charge on any atom is -0.394 e. The summed E-state index contributed by atoms with van der Waals surface area (Å²) in [6.07, 6.45) is -15.4. The molecule has 3 aliphatic rings. The summed E-state index contributed by atoms with van der Waals surface area (Å²) in [6, 6.07) is 0. The molecule has 0 aromatic carbocycles. The number of ether oxygens (including phenoxy) is 3. The van der Waals surface area contributed by atoms with Crippen LogP contribution in [-0.4, -0.2) is 110 Å². The highest BCUT2D eigenvalue weighted by Gasteiger charge is 2.54. The van der Waals surface area contributed by atoms with Crippen molar-refractivity contribution in [3.63, 3.8) is 0 Å². The van der Waals surface area contributed by atoms with Crippen LogP contribution in [0, 0.1) is 0 Å². The Hall–Kier alpha value is -0.250. The van der Waals surface area contributed by atoms with Crippen molar-refractivity contribution in [1.29, 1.82) is 0 Å². The lowest BCUT2D eigenvalue weighted by molar-refractivity contribution is -0.377. The molecule has 0 saturated carbocycles. The quantitative estimate of drug-likeness (QED) is 0.223. The second-order valence-corrected chi connectivity index (χ2v) is 7.60. The fourth-order valence-corrected chi connectivity index (χ4v) is 3.91. The fraction of sp³-hybridized carbons (Fsp3) is 1.00. The summed E-state index contributed by atoms with van der Waals surface area (Å²) >= 11 is 0. The predicted octanol–water partition coefficient (Wildman–Crippen LogP) is -4.23.